The number of carbonyl (C=O) groups excluding carboxylic acids is 2. The van der Waals surface area contributed by atoms with E-state index in [4.69, 9.17) is 0 Å². The fourth-order valence-corrected chi connectivity index (χ4v) is 4.65. The molecule has 1 aromatic heterocycles. The number of amides is 3. The number of halogens is 7. The first-order chi connectivity index (χ1) is 20.6. The quantitative estimate of drug-likeness (QED) is 0.187. The Bertz CT molecular complexity index is 1580. The number of urea groups is 1. The molecule has 6 nitrogen and oxygen atoms in total. The monoisotopic (exact) mass is 622 g/mol. The van der Waals surface area contributed by atoms with Crippen LogP contribution in [0.4, 0.5) is 41.2 Å². The molecule has 0 aliphatic rings. The Hall–Kier alpha value is -4.55. The lowest BCUT2D eigenvalue weighted by Gasteiger charge is -2.30. The predicted molar refractivity (Wildman–Crippen MR) is 151 cm³/mol. The van der Waals surface area contributed by atoms with E-state index >= 15 is 0 Å². The van der Waals surface area contributed by atoms with Gasteiger partial charge in [0.15, 0.2) is 0 Å². The van der Waals surface area contributed by atoms with Crippen LogP contribution in [0.25, 0.3) is 10.9 Å². The average Bonchev–Trinajstić information content (AvgIpc) is 3.36. The first kappa shape index (κ1) is 32.4. The molecule has 4 rings (SSSR count). The molecule has 3 amide bonds. The minimum atomic E-state index is -5.10. The molecule has 0 aliphatic carbocycles. The summed E-state index contributed by atoms with van der Waals surface area (Å²) in [5.74, 6) is -0.991. The van der Waals surface area contributed by atoms with Gasteiger partial charge in [0.2, 0.25) is 5.91 Å². The summed E-state index contributed by atoms with van der Waals surface area (Å²) in [5, 5.41) is 3.06. The maximum Gasteiger partial charge on any atom is 0.416 e. The van der Waals surface area contributed by atoms with E-state index in [0.717, 1.165) is 21.4 Å². The average molecular weight is 623 g/mol. The zero-order valence-corrected chi connectivity index (χ0v) is 23.7. The highest BCUT2D eigenvalue weighted by atomic mass is 19.4. The predicted octanol–water partition coefficient (Wildman–Crippen LogP) is 7.86. The van der Waals surface area contributed by atoms with Crippen molar-refractivity contribution in [3.05, 3.63) is 101 Å². The number of nitrogens with one attached hydrogen (secondary N) is 2. The maximum absolute atomic E-state index is 13.6. The van der Waals surface area contributed by atoms with Crippen molar-refractivity contribution in [1.82, 2.24) is 14.8 Å². The lowest BCUT2D eigenvalue weighted by atomic mass is 10.1. The Morgan fingerprint density at radius 2 is 1.50 bits per heavy atom. The topological polar surface area (TPSA) is 68.4 Å². The van der Waals surface area contributed by atoms with Gasteiger partial charge in [-0.15, -0.1) is 0 Å². The molecule has 0 saturated carbocycles. The summed E-state index contributed by atoms with van der Waals surface area (Å²) in [4.78, 5) is 32.4. The molecule has 234 valence electrons. The van der Waals surface area contributed by atoms with Crippen molar-refractivity contribution in [2.45, 2.75) is 45.2 Å². The number of anilines is 1. The molecular weight excluding hydrogens is 593 g/mol. The third-order valence-corrected chi connectivity index (χ3v) is 6.99. The van der Waals surface area contributed by atoms with Crippen molar-refractivity contribution in [2.24, 2.45) is 0 Å². The molecule has 44 heavy (non-hydrogen) atoms. The van der Waals surface area contributed by atoms with Gasteiger partial charge >= 0.3 is 18.4 Å². The van der Waals surface area contributed by atoms with Crippen molar-refractivity contribution in [3.63, 3.8) is 0 Å². The number of nitrogens with zero attached hydrogens (tertiary/aromatic N) is 2. The summed E-state index contributed by atoms with van der Waals surface area (Å²) in [6.07, 6.45) is -7.95. The molecule has 0 aliphatic heterocycles. The van der Waals surface area contributed by atoms with E-state index in [1.54, 1.807) is 13.8 Å². The summed E-state index contributed by atoms with van der Waals surface area (Å²) in [6.45, 7) is 2.85. The molecule has 2 N–H and O–H groups in total. The van der Waals surface area contributed by atoms with Crippen LogP contribution in [-0.4, -0.2) is 45.9 Å². The van der Waals surface area contributed by atoms with E-state index in [1.165, 1.54) is 29.2 Å². The van der Waals surface area contributed by atoms with Gasteiger partial charge in [-0.3, -0.25) is 4.79 Å². The molecule has 0 bridgehead atoms. The fourth-order valence-electron chi connectivity index (χ4n) is 4.65. The second kappa shape index (κ2) is 13.0. The number of para-hydroxylation sites is 1. The third-order valence-electron chi connectivity index (χ3n) is 6.99. The van der Waals surface area contributed by atoms with Crippen LogP contribution >= 0.6 is 0 Å². The van der Waals surface area contributed by atoms with E-state index in [9.17, 15) is 40.3 Å². The zero-order valence-electron chi connectivity index (χ0n) is 23.7. The van der Waals surface area contributed by atoms with E-state index in [2.05, 4.69) is 10.3 Å². The summed E-state index contributed by atoms with van der Waals surface area (Å²) in [6, 6.07) is 12.1. The van der Waals surface area contributed by atoms with Gasteiger partial charge in [-0.1, -0.05) is 30.3 Å². The van der Waals surface area contributed by atoms with Gasteiger partial charge in [0.1, 0.15) is 12.4 Å². The number of hydrogen-bond acceptors (Lipinski definition) is 2. The molecule has 4 aromatic rings. The highest BCUT2D eigenvalue weighted by Crippen LogP contribution is 2.37. The highest BCUT2D eigenvalue weighted by molar-refractivity contribution is 5.93. The second-order valence-corrected chi connectivity index (χ2v) is 10.5. The van der Waals surface area contributed by atoms with Crippen LogP contribution in [-0.2, 0) is 30.1 Å². The molecule has 0 radical (unpaired) electrons. The first-order valence-corrected chi connectivity index (χ1v) is 13.6. The molecule has 0 spiro atoms. The minimum absolute atomic E-state index is 0.0412. The number of hydrogen-bond donors (Lipinski definition) is 2. The molecule has 0 fully saturated rings. The normalized spacial score (nSPS) is 12.0. The molecule has 0 atom stereocenters. The number of H-pyrrole nitrogens is 1. The smallest absolute Gasteiger partial charge is 0.361 e. The van der Waals surface area contributed by atoms with Crippen LogP contribution in [0.5, 0.6) is 0 Å². The van der Waals surface area contributed by atoms with Gasteiger partial charge in [0.25, 0.3) is 0 Å². The van der Waals surface area contributed by atoms with Crippen LogP contribution in [0.3, 0.4) is 0 Å². The van der Waals surface area contributed by atoms with Crippen LogP contribution in [0.15, 0.2) is 72.9 Å². The van der Waals surface area contributed by atoms with Gasteiger partial charge in [-0.25, -0.2) is 9.18 Å². The van der Waals surface area contributed by atoms with Gasteiger partial charge in [-0.05, 0) is 67.8 Å². The SMILES string of the molecule is CC(C)N(CC(=O)N(CCc1c[nH]c2ccccc12)Cc1ccc(F)cc1)C(=O)Nc1cc(C(F)(F)F)cc(C(F)(F)F)c1. The van der Waals surface area contributed by atoms with E-state index in [-0.39, 0.29) is 19.2 Å². The summed E-state index contributed by atoms with van der Waals surface area (Å²) in [5.41, 5.74) is -1.44. The molecule has 3 aromatic carbocycles. The number of aromatic amines is 1. The number of benzene rings is 3. The fraction of sp³-hybridized carbons (Fsp3) is 0.290. The molecule has 0 saturated heterocycles. The van der Waals surface area contributed by atoms with Gasteiger partial charge in [0.05, 0.1) is 11.1 Å². The summed E-state index contributed by atoms with van der Waals surface area (Å²) < 4.78 is 93.4. The molecule has 1 heterocycles. The number of rotatable bonds is 9. The zero-order chi connectivity index (χ0) is 32.2. The third kappa shape index (κ3) is 8.08. The number of carbonyl (C=O) groups is 2. The van der Waals surface area contributed by atoms with E-state index < -0.39 is 59.5 Å². The molecular formula is C31H29F7N4O2. The summed E-state index contributed by atoms with van der Waals surface area (Å²) >= 11 is 0. The maximum atomic E-state index is 13.6. The van der Waals surface area contributed by atoms with Crippen molar-refractivity contribution in [1.29, 1.82) is 0 Å². The lowest BCUT2D eigenvalue weighted by molar-refractivity contribution is -0.143. The van der Waals surface area contributed by atoms with Gasteiger partial charge < -0.3 is 20.1 Å². The Morgan fingerprint density at radius 3 is 2.09 bits per heavy atom. The van der Waals surface area contributed by atoms with Gasteiger partial charge in [0, 0.05) is 41.9 Å². The van der Waals surface area contributed by atoms with Crippen LogP contribution in [0.1, 0.15) is 36.1 Å². The van der Waals surface area contributed by atoms with Crippen molar-refractivity contribution in [2.75, 3.05) is 18.4 Å². The standard InChI is InChI=1S/C31H29F7N4O2/c1-19(2)42(29(44)40-25-14-22(30(33,34)35)13-23(15-25)31(36,37)38)18-28(43)41(17-20-7-9-24(32)10-8-20)12-11-21-16-39-27-6-4-3-5-26(21)27/h3-10,13-16,19,39H,11-12,17-18H2,1-2H3,(H,40,44). The number of fused-ring (bicyclic) bond motifs is 1. The van der Waals surface area contributed by atoms with Crippen LogP contribution in [0, 0.1) is 5.82 Å². The van der Waals surface area contributed by atoms with Crippen LogP contribution in [0.2, 0.25) is 0 Å². The van der Waals surface area contributed by atoms with Crippen molar-refractivity contribution >= 4 is 28.5 Å². The number of alkyl halides is 6. The Kier molecular flexibility index (Phi) is 9.55. The highest BCUT2D eigenvalue weighted by Gasteiger charge is 2.37. The Balaban J connectivity index is 1.56. The molecule has 0 unspecified atom stereocenters. The Labute approximate surface area is 248 Å². The Morgan fingerprint density at radius 1 is 0.886 bits per heavy atom. The first-order valence-electron chi connectivity index (χ1n) is 13.6. The summed E-state index contributed by atoms with van der Waals surface area (Å²) in [7, 11) is 0. The van der Waals surface area contributed by atoms with Gasteiger partial charge in [-0.2, -0.15) is 26.3 Å². The molecule has 13 heteroatoms. The minimum Gasteiger partial charge on any atom is -0.361 e. The van der Waals surface area contributed by atoms with E-state index in [0.29, 0.717) is 24.1 Å². The van der Waals surface area contributed by atoms with Crippen molar-refractivity contribution < 1.29 is 40.3 Å². The number of aromatic nitrogens is 1. The second-order valence-electron chi connectivity index (χ2n) is 10.5. The van der Waals surface area contributed by atoms with E-state index in [1.807, 2.05) is 30.5 Å². The van der Waals surface area contributed by atoms with Crippen molar-refractivity contribution in [3.8, 4) is 0 Å². The van der Waals surface area contributed by atoms with Crippen LogP contribution < -0.4 is 5.32 Å². The largest absolute Gasteiger partial charge is 0.416 e. The lowest BCUT2D eigenvalue weighted by Crippen LogP contribution is -2.47.